The predicted molar refractivity (Wildman–Crippen MR) is 107 cm³/mol. The number of ether oxygens (including phenoxy) is 1. The Labute approximate surface area is 160 Å². The summed E-state index contributed by atoms with van der Waals surface area (Å²) < 4.78 is 30.5. The highest BCUT2D eigenvalue weighted by atomic mass is 32.2. The third kappa shape index (κ3) is 4.60. The first-order valence-corrected chi connectivity index (χ1v) is 10.5. The van der Waals surface area contributed by atoms with Gasteiger partial charge >= 0.3 is 0 Å². The zero-order chi connectivity index (χ0) is 19.4. The number of hydrogen-bond acceptors (Lipinski definition) is 4. The zero-order valence-corrected chi connectivity index (χ0v) is 16.3. The molecule has 0 spiro atoms. The van der Waals surface area contributed by atoms with Crippen molar-refractivity contribution in [3.63, 3.8) is 0 Å². The Kier molecular flexibility index (Phi) is 5.70. The lowest BCUT2D eigenvalue weighted by Crippen LogP contribution is -2.25. The van der Waals surface area contributed by atoms with Gasteiger partial charge in [-0.1, -0.05) is 19.1 Å². The lowest BCUT2D eigenvalue weighted by Gasteiger charge is -2.17. The third-order valence-electron chi connectivity index (χ3n) is 4.71. The number of carbonyl (C=O) groups excluding carboxylic acids is 1. The standard InChI is InChI=1S/C20H24N2O4S/c1-15(16-4-10-19(26-2)11-5-16)14-20(23)21-17-6-8-18(9-7-17)22-12-3-13-27(22,24)25/h4-11,15H,3,12-14H2,1-2H3,(H,21,23). The summed E-state index contributed by atoms with van der Waals surface area (Å²) in [4.78, 5) is 12.3. The summed E-state index contributed by atoms with van der Waals surface area (Å²) in [5.41, 5.74) is 2.36. The second kappa shape index (κ2) is 8.00. The molecule has 1 amide bonds. The molecule has 6 nitrogen and oxygen atoms in total. The molecule has 1 unspecified atom stereocenters. The minimum absolute atomic E-state index is 0.0740. The molecule has 0 aliphatic carbocycles. The van der Waals surface area contributed by atoms with Crippen molar-refractivity contribution in [2.45, 2.75) is 25.7 Å². The summed E-state index contributed by atoms with van der Waals surface area (Å²) in [6.07, 6.45) is 0.999. The molecule has 27 heavy (non-hydrogen) atoms. The second-order valence-electron chi connectivity index (χ2n) is 6.72. The van der Waals surface area contributed by atoms with Crippen LogP contribution in [0.5, 0.6) is 5.75 Å². The normalized spacial score (nSPS) is 16.7. The topological polar surface area (TPSA) is 75.7 Å². The van der Waals surface area contributed by atoms with Gasteiger partial charge in [-0.05, 0) is 54.3 Å². The van der Waals surface area contributed by atoms with Crippen LogP contribution in [0.2, 0.25) is 0 Å². The van der Waals surface area contributed by atoms with Gasteiger partial charge in [0.2, 0.25) is 15.9 Å². The highest BCUT2D eigenvalue weighted by molar-refractivity contribution is 7.93. The van der Waals surface area contributed by atoms with E-state index in [2.05, 4.69) is 5.32 Å². The summed E-state index contributed by atoms with van der Waals surface area (Å²) in [6, 6.07) is 14.6. The fourth-order valence-electron chi connectivity index (χ4n) is 3.18. The van der Waals surface area contributed by atoms with Crippen molar-refractivity contribution in [2.24, 2.45) is 0 Å². The minimum atomic E-state index is -3.19. The maximum atomic E-state index is 12.3. The molecule has 1 fully saturated rings. The number of carbonyl (C=O) groups is 1. The summed E-state index contributed by atoms with van der Waals surface area (Å²) >= 11 is 0. The van der Waals surface area contributed by atoms with E-state index in [1.54, 1.807) is 31.4 Å². The molecule has 1 saturated heterocycles. The summed E-state index contributed by atoms with van der Waals surface area (Å²) in [7, 11) is -1.57. The van der Waals surface area contributed by atoms with Crippen molar-refractivity contribution in [2.75, 3.05) is 29.0 Å². The van der Waals surface area contributed by atoms with Crippen LogP contribution in [0.4, 0.5) is 11.4 Å². The first kappa shape index (κ1) is 19.2. The summed E-state index contributed by atoms with van der Waals surface area (Å²) in [5, 5.41) is 2.87. The van der Waals surface area contributed by atoms with Crippen molar-refractivity contribution in [1.82, 2.24) is 0 Å². The highest BCUT2D eigenvalue weighted by Gasteiger charge is 2.28. The van der Waals surface area contributed by atoms with E-state index in [1.807, 2.05) is 31.2 Å². The van der Waals surface area contributed by atoms with E-state index in [-0.39, 0.29) is 17.6 Å². The van der Waals surface area contributed by atoms with E-state index < -0.39 is 10.0 Å². The van der Waals surface area contributed by atoms with Gasteiger partial charge in [0.1, 0.15) is 5.75 Å². The lowest BCUT2D eigenvalue weighted by atomic mass is 9.97. The molecule has 0 saturated carbocycles. The fraction of sp³-hybridized carbons (Fsp3) is 0.350. The molecule has 1 aliphatic heterocycles. The van der Waals surface area contributed by atoms with Crippen LogP contribution < -0.4 is 14.4 Å². The number of sulfonamides is 1. The second-order valence-corrected chi connectivity index (χ2v) is 8.73. The third-order valence-corrected chi connectivity index (χ3v) is 6.58. The van der Waals surface area contributed by atoms with Gasteiger partial charge in [-0.15, -0.1) is 0 Å². The van der Waals surface area contributed by atoms with Crippen molar-refractivity contribution in [3.05, 3.63) is 54.1 Å². The molecular formula is C20H24N2O4S. The number of amides is 1. The van der Waals surface area contributed by atoms with Crippen molar-refractivity contribution >= 4 is 27.3 Å². The number of methoxy groups -OCH3 is 1. The van der Waals surface area contributed by atoms with E-state index in [0.29, 0.717) is 30.8 Å². The maximum absolute atomic E-state index is 12.3. The average Bonchev–Trinajstić information content (AvgIpc) is 3.01. The van der Waals surface area contributed by atoms with Crippen LogP contribution in [-0.2, 0) is 14.8 Å². The molecule has 0 bridgehead atoms. The van der Waals surface area contributed by atoms with Gasteiger partial charge < -0.3 is 10.1 Å². The first-order valence-electron chi connectivity index (χ1n) is 8.93. The number of hydrogen-bond donors (Lipinski definition) is 1. The van der Waals surface area contributed by atoms with Gasteiger partial charge in [0, 0.05) is 18.7 Å². The van der Waals surface area contributed by atoms with Gasteiger partial charge in [0.15, 0.2) is 0 Å². The molecule has 3 rings (SSSR count). The molecule has 2 aromatic rings. The maximum Gasteiger partial charge on any atom is 0.235 e. The largest absolute Gasteiger partial charge is 0.497 e. The summed E-state index contributed by atoms with van der Waals surface area (Å²) in [5.74, 6) is 0.967. The van der Waals surface area contributed by atoms with E-state index in [0.717, 1.165) is 11.3 Å². The zero-order valence-electron chi connectivity index (χ0n) is 15.5. The summed E-state index contributed by atoms with van der Waals surface area (Å²) in [6.45, 7) is 2.51. The molecule has 0 aromatic heterocycles. The predicted octanol–water partition coefficient (Wildman–Crippen LogP) is 3.37. The van der Waals surface area contributed by atoms with Crippen LogP contribution >= 0.6 is 0 Å². The Morgan fingerprint density at radius 1 is 1.15 bits per heavy atom. The molecule has 7 heteroatoms. The van der Waals surface area contributed by atoms with Gasteiger partial charge in [-0.2, -0.15) is 0 Å². The van der Waals surface area contributed by atoms with E-state index in [9.17, 15) is 13.2 Å². The molecule has 1 heterocycles. The molecule has 1 N–H and O–H groups in total. The molecule has 2 aromatic carbocycles. The van der Waals surface area contributed by atoms with Crippen LogP contribution in [0.15, 0.2) is 48.5 Å². The SMILES string of the molecule is COc1ccc(C(C)CC(=O)Nc2ccc(N3CCCS3(=O)=O)cc2)cc1. The molecule has 1 aliphatic rings. The Morgan fingerprint density at radius 2 is 1.81 bits per heavy atom. The number of nitrogens with zero attached hydrogens (tertiary/aromatic N) is 1. The van der Waals surface area contributed by atoms with Crippen LogP contribution in [0.3, 0.4) is 0 Å². The highest BCUT2D eigenvalue weighted by Crippen LogP contribution is 2.26. The molecule has 1 atom stereocenters. The number of rotatable bonds is 6. The van der Waals surface area contributed by atoms with Crippen LogP contribution in [0.25, 0.3) is 0 Å². The van der Waals surface area contributed by atoms with Crippen LogP contribution in [0, 0.1) is 0 Å². The molecule has 144 valence electrons. The number of anilines is 2. The number of benzene rings is 2. The average molecular weight is 388 g/mol. The Morgan fingerprint density at radius 3 is 2.37 bits per heavy atom. The van der Waals surface area contributed by atoms with Gasteiger partial charge in [-0.25, -0.2) is 8.42 Å². The first-order chi connectivity index (χ1) is 12.9. The molecule has 0 radical (unpaired) electrons. The van der Waals surface area contributed by atoms with Crippen LogP contribution in [0.1, 0.15) is 31.2 Å². The Balaban J connectivity index is 1.59. The van der Waals surface area contributed by atoms with Gasteiger partial charge in [0.05, 0.1) is 18.6 Å². The van der Waals surface area contributed by atoms with Crippen molar-refractivity contribution in [3.8, 4) is 5.75 Å². The van der Waals surface area contributed by atoms with Crippen molar-refractivity contribution in [1.29, 1.82) is 0 Å². The smallest absolute Gasteiger partial charge is 0.235 e. The van der Waals surface area contributed by atoms with Crippen molar-refractivity contribution < 1.29 is 17.9 Å². The monoisotopic (exact) mass is 388 g/mol. The minimum Gasteiger partial charge on any atom is -0.497 e. The molecular weight excluding hydrogens is 364 g/mol. The van der Waals surface area contributed by atoms with E-state index in [1.165, 1.54) is 4.31 Å². The quantitative estimate of drug-likeness (QED) is 0.823. The fourth-order valence-corrected chi connectivity index (χ4v) is 4.75. The van der Waals surface area contributed by atoms with Gasteiger partial charge in [-0.3, -0.25) is 9.10 Å². The Bertz CT molecular complexity index is 893. The Hall–Kier alpha value is -2.54. The van der Waals surface area contributed by atoms with E-state index >= 15 is 0 Å². The van der Waals surface area contributed by atoms with Gasteiger partial charge in [0.25, 0.3) is 0 Å². The number of nitrogens with one attached hydrogen (secondary N) is 1. The van der Waals surface area contributed by atoms with E-state index in [4.69, 9.17) is 4.74 Å². The van der Waals surface area contributed by atoms with Crippen LogP contribution in [-0.4, -0.2) is 33.7 Å². The lowest BCUT2D eigenvalue weighted by molar-refractivity contribution is -0.116.